The molecule has 0 aromatic carbocycles. The highest BCUT2D eigenvalue weighted by Gasteiger charge is 2.31. The first kappa shape index (κ1) is 26.5. The first-order valence-corrected chi connectivity index (χ1v) is 9.45. The van der Waals surface area contributed by atoms with Crippen molar-refractivity contribution in [2.45, 2.75) is 60.6 Å². The maximum Gasteiger partial charge on any atom is 0.416 e. The fourth-order valence-electron chi connectivity index (χ4n) is 2.52. The maximum atomic E-state index is 13.0. The maximum absolute atomic E-state index is 13.0. The monoisotopic (exact) mass is 403 g/mol. The first-order valence-electron chi connectivity index (χ1n) is 9.45. The SMILES string of the molecule is C=C(C)/C=C(\C=C/C/C=C(\C)C(=C)/C(C)=C\C(=C/C)CC(C)(C)C#N)C(F)(F)F. The van der Waals surface area contributed by atoms with Crippen LogP contribution in [0.4, 0.5) is 13.2 Å². The molecule has 0 aliphatic rings. The van der Waals surface area contributed by atoms with Crippen molar-refractivity contribution in [2.75, 3.05) is 0 Å². The average Bonchev–Trinajstić information content (AvgIpc) is 2.61. The van der Waals surface area contributed by atoms with Gasteiger partial charge in [0.15, 0.2) is 0 Å². The highest BCUT2D eigenvalue weighted by Crippen LogP contribution is 2.29. The van der Waals surface area contributed by atoms with E-state index in [1.54, 1.807) is 0 Å². The third kappa shape index (κ3) is 10.5. The quantitative estimate of drug-likeness (QED) is 0.355. The van der Waals surface area contributed by atoms with Gasteiger partial charge in [-0.05, 0) is 77.2 Å². The van der Waals surface area contributed by atoms with Crippen molar-refractivity contribution in [2.24, 2.45) is 5.41 Å². The van der Waals surface area contributed by atoms with E-state index in [-0.39, 0.29) is 0 Å². The molecule has 4 heteroatoms. The number of hydrogen-bond acceptors (Lipinski definition) is 1. The lowest BCUT2D eigenvalue weighted by Crippen LogP contribution is -2.10. The van der Waals surface area contributed by atoms with Gasteiger partial charge in [0.2, 0.25) is 0 Å². The molecule has 0 atom stereocenters. The summed E-state index contributed by atoms with van der Waals surface area (Å²) >= 11 is 0. The molecular weight excluding hydrogens is 371 g/mol. The van der Waals surface area contributed by atoms with Gasteiger partial charge in [-0.25, -0.2) is 0 Å². The van der Waals surface area contributed by atoms with E-state index in [9.17, 15) is 18.4 Å². The molecule has 29 heavy (non-hydrogen) atoms. The summed E-state index contributed by atoms with van der Waals surface area (Å²) in [6, 6.07) is 2.30. The number of halogens is 3. The molecule has 0 bridgehead atoms. The van der Waals surface area contributed by atoms with E-state index in [0.29, 0.717) is 18.4 Å². The van der Waals surface area contributed by atoms with Crippen LogP contribution in [-0.4, -0.2) is 6.18 Å². The van der Waals surface area contributed by atoms with Gasteiger partial charge in [0.25, 0.3) is 0 Å². The summed E-state index contributed by atoms with van der Waals surface area (Å²) in [7, 11) is 0. The highest BCUT2D eigenvalue weighted by molar-refractivity contribution is 5.46. The number of allylic oxidation sites excluding steroid dienone is 12. The van der Waals surface area contributed by atoms with Gasteiger partial charge in [0.1, 0.15) is 0 Å². The van der Waals surface area contributed by atoms with Gasteiger partial charge in [0, 0.05) is 0 Å². The third-order valence-electron chi connectivity index (χ3n) is 4.26. The Labute approximate surface area is 174 Å². The summed E-state index contributed by atoms with van der Waals surface area (Å²) in [5.41, 5.74) is 2.90. The van der Waals surface area contributed by atoms with Gasteiger partial charge < -0.3 is 0 Å². The zero-order valence-corrected chi connectivity index (χ0v) is 18.4. The van der Waals surface area contributed by atoms with Crippen molar-refractivity contribution in [3.8, 4) is 6.07 Å². The smallest absolute Gasteiger partial charge is 0.198 e. The normalized spacial score (nSPS) is 14.9. The van der Waals surface area contributed by atoms with E-state index >= 15 is 0 Å². The molecule has 0 saturated heterocycles. The fraction of sp³-hybridized carbons (Fsp3) is 0.400. The molecule has 0 aromatic heterocycles. The van der Waals surface area contributed by atoms with E-state index in [2.05, 4.69) is 19.2 Å². The van der Waals surface area contributed by atoms with Crippen LogP contribution in [0.3, 0.4) is 0 Å². The minimum atomic E-state index is -4.41. The highest BCUT2D eigenvalue weighted by atomic mass is 19.4. The van der Waals surface area contributed by atoms with Crippen molar-refractivity contribution in [3.05, 3.63) is 83.1 Å². The summed E-state index contributed by atoms with van der Waals surface area (Å²) in [5, 5.41) is 9.22. The second-order valence-corrected chi connectivity index (χ2v) is 7.81. The number of nitriles is 1. The van der Waals surface area contributed by atoms with Crippen LogP contribution in [0.5, 0.6) is 0 Å². The predicted molar refractivity (Wildman–Crippen MR) is 117 cm³/mol. The molecule has 0 aromatic rings. The van der Waals surface area contributed by atoms with Crippen molar-refractivity contribution in [1.82, 2.24) is 0 Å². The van der Waals surface area contributed by atoms with Crippen LogP contribution < -0.4 is 0 Å². The van der Waals surface area contributed by atoms with E-state index in [4.69, 9.17) is 0 Å². The van der Waals surface area contributed by atoms with E-state index in [1.807, 2.05) is 52.8 Å². The molecule has 0 amide bonds. The van der Waals surface area contributed by atoms with Gasteiger partial charge in [-0.1, -0.05) is 54.7 Å². The van der Waals surface area contributed by atoms with Crippen molar-refractivity contribution >= 4 is 0 Å². The standard InChI is InChI=1S/C25H32F3N/c1-9-22(16-24(7,8)17-29)15-20(5)21(6)19(4)12-10-11-13-23(14-18(2)3)25(26,27)28/h9,11-15H,2,6,10,16H2,1,3-5,7-8H3/b13-11-,19-12+,20-15-,22-9+,23-14+. The Bertz CT molecular complexity index is 804. The fourth-order valence-corrected chi connectivity index (χ4v) is 2.52. The average molecular weight is 404 g/mol. The minimum Gasteiger partial charge on any atom is -0.198 e. The third-order valence-corrected chi connectivity index (χ3v) is 4.26. The van der Waals surface area contributed by atoms with E-state index < -0.39 is 17.2 Å². The Morgan fingerprint density at radius 3 is 2.07 bits per heavy atom. The Hall–Kier alpha value is -2.54. The lowest BCUT2D eigenvalue weighted by molar-refractivity contribution is -0.0882. The van der Waals surface area contributed by atoms with Crippen molar-refractivity contribution in [3.63, 3.8) is 0 Å². The number of alkyl halides is 3. The second-order valence-electron chi connectivity index (χ2n) is 7.81. The number of hydrogen-bond donors (Lipinski definition) is 0. The molecule has 0 unspecified atom stereocenters. The van der Waals surface area contributed by atoms with Gasteiger partial charge in [-0.15, -0.1) is 0 Å². The molecule has 0 heterocycles. The van der Waals surface area contributed by atoms with Crippen molar-refractivity contribution < 1.29 is 13.2 Å². The molecule has 0 radical (unpaired) electrons. The van der Waals surface area contributed by atoms with Gasteiger partial charge in [-0.3, -0.25) is 0 Å². The van der Waals surface area contributed by atoms with Crippen LogP contribution in [0, 0.1) is 16.7 Å². The Morgan fingerprint density at radius 2 is 1.62 bits per heavy atom. The Balaban J connectivity index is 5.26. The lowest BCUT2D eigenvalue weighted by atomic mass is 9.86. The van der Waals surface area contributed by atoms with Crippen LogP contribution in [0.1, 0.15) is 54.4 Å². The lowest BCUT2D eigenvalue weighted by Gasteiger charge is -2.16. The van der Waals surface area contributed by atoms with Gasteiger partial charge in [0.05, 0.1) is 17.1 Å². The van der Waals surface area contributed by atoms with Crippen LogP contribution in [0.2, 0.25) is 0 Å². The zero-order chi connectivity index (χ0) is 22.8. The van der Waals surface area contributed by atoms with Crippen LogP contribution >= 0.6 is 0 Å². The zero-order valence-electron chi connectivity index (χ0n) is 18.4. The van der Waals surface area contributed by atoms with Gasteiger partial charge in [-0.2, -0.15) is 18.4 Å². The Kier molecular flexibility index (Phi) is 10.5. The second kappa shape index (κ2) is 11.5. The molecule has 0 rings (SSSR count). The van der Waals surface area contributed by atoms with Gasteiger partial charge >= 0.3 is 6.18 Å². The summed E-state index contributed by atoms with van der Waals surface area (Å²) in [6.45, 7) is 18.7. The molecule has 0 N–H and O–H groups in total. The molecule has 0 aliphatic heterocycles. The topological polar surface area (TPSA) is 23.8 Å². The molecule has 158 valence electrons. The van der Waals surface area contributed by atoms with Crippen LogP contribution in [0.25, 0.3) is 0 Å². The summed E-state index contributed by atoms with van der Waals surface area (Å²) in [5.74, 6) is 0. The van der Waals surface area contributed by atoms with E-state index in [0.717, 1.165) is 34.4 Å². The largest absolute Gasteiger partial charge is 0.416 e. The predicted octanol–water partition coefficient (Wildman–Crippen LogP) is 8.33. The number of nitrogens with zero attached hydrogens (tertiary/aromatic N) is 1. The molecule has 0 spiro atoms. The summed E-state index contributed by atoms with van der Waals surface area (Å²) in [4.78, 5) is 0. The molecular formula is C25H32F3N. The van der Waals surface area contributed by atoms with Crippen molar-refractivity contribution in [1.29, 1.82) is 5.26 Å². The van der Waals surface area contributed by atoms with E-state index in [1.165, 1.54) is 13.0 Å². The first-order chi connectivity index (χ1) is 13.2. The van der Waals surface area contributed by atoms with Crippen LogP contribution in [-0.2, 0) is 0 Å². The Morgan fingerprint density at radius 1 is 1.03 bits per heavy atom. The number of rotatable bonds is 9. The minimum absolute atomic E-state index is 0.349. The molecule has 1 nitrogen and oxygen atoms in total. The summed E-state index contributed by atoms with van der Waals surface area (Å²) in [6.07, 6.45) is 5.99. The molecule has 0 aliphatic carbocycles. The molecule has 0 fully saturated rings. The van der Waals surface area contributed by atoms with Crippen LogP contribution in [0.15, 0.2) is 83.1 Å². The summed E-state index contributed by atoms with van der Waals surface area (Å²) < 4.78 is 38.9. The molecule has 0 saturated carbocycles.